The van der Waals surface area contributed by atoms with Crippen LogP contribution in [0.5, 0.6) is 0 Å². The second-order valence-electron chi connectivity index (χ2n) is 6.64. The zero-order chi connectivity index (χ0) is 13.1. The van der Waals surface area contributed by atoms with Gasteiger partial charge in [-0.1, -0.05) is 20.8 Å². The molecule has 0 aliphatic carbocycles. The van der Waals surface area contributed by atoms with Crippen LogP contribution in [-0.2, 0) is 4.43 Å². The fraction of sp³-hybridized carbons (Fsp3) is 1.00. The van der Waals surface area contributed by atoms with Crippen LogP contribution in [0.4, 0.5) is 0 Å². The van der Waals surface area contributed by atoms with E-state index >= 15 is 0 Å². The van der Waals surface area contributed by atoms with Gasteiger partial charge < -0.3 is 14.4 Å². The van der Waals surface area contributed by atoms with Crippen LogP contribution >= 0.6 is 0 Å². The summed E-state index contributed by atoms with van der Waals surface area (Å²) in [5.74, 6) is 0. The van der Waals surface area contributed by atoms with E-state index < -0.39 is 8.32 Å². The van der Waals surface area contributed by atoms with Crippen LogP contribution < -0.4 is 0 Å². The molecular weight excluding hydrogens is 230 g/mol. The first-order chi connectivity index (χ1) is 7.76. The van der Waals surface area contributed by atoms with Crippen molar-refractivity contribution in [1.29, 1.82) is 0 Å². The standard InChI is InChI=1S/C13H29NO2Si/c1-13(2,3)17(4,5)16-12-6-8-14(9-7-12)10-11-15/h12,15H,6-11H2,1-5H3. The molecule has 0 aromatic rings. The first-order valence-electron chi connectivity index (χ1n) is 6.77. The summed E-state index contributed by atoms with van der Waals surface area (Å²) < 4.78 is 6.42. The SMILES string of the molecule is CC(C)(C)[Si](C)(C)OC1CCN(CCO)CC1. The van der Waals surface area contributed by atoms with Crippen molar-refractivity contribution in [2.75, 3.05) is 26.2 Å². The van der Waals surface area contributed by atoms with Gasteiger partial charge in [0.2, 0.25) is 0 Å². The molecule has 1 aliphatic heterocycles. The van der Waals surface area contributed by atoms with Crippen molar-refractivity contribution >= 4 is 8.32 Å². The van der Waals surface area contributed by atoms with Crippen LogP contribution in [0.25, 0.3) is 0 Å². The molecule has 1 rings (SSSR count). The molecule has 0 atom stereocenters. The van der Waals surface area contributed by atoms with E-state index in [-0.39, 0.29) is 6.61 Å². The van der Waals surface area contributed by atoms with Crippen molar-refractivity contribution in [2.45, 2.75) is 57.8 Å². The maximum absolute atomic E-state index is 8.91. The summed E-state index contributed by atoms with van der Waals surface area (Å²) in [6.07, 6.45) is 2.67. The molecule has 1 heterocycles. The van der Waals surface area contributed by atoms with Crippen LogP contribution in [0.3, 0.4) is 0 Å². The Hall–Kier alpha value is 0.0969. The number of hydrogen-bond acceptors (Lipinski definition) is 3. The summed E-state index contributed by atoms with van der Waals surface area (Å²) in [4.78, 5) is 2.32. The van der Waals surface area contributed by atoms with E-state index in [1.807, 2.05) is 0 Å². The second-order valence-corrected chi connectivity index (χ2v) is 11.4. The van der Waals surface area contributed by atoms with Crippen molar-refractivity contribution in [3.63, 3.8) is 0 Å². The summed E-state index contributed by atoms with van der Waals surface area (Å²) in [6.45, 7) is 14.8. The molecule has 3 nitrogen and oxygen atoms in total. The normalized spacial score (nSPS) is 20.8. The summed E-state index contributed by atoms with van der Waals surface area (Å²) >= 11 is 0. The third-order valence-corrected chi connectivity index (χ3v) is 8.75. The zero-order valence-electron chi connectivity index (χ0n) is 12.1. The number of nitrogens with zero attached hydrogens (tertiary/aromatic N) is 1. The van der Waals surface area contributed by atoms with Crippen LogP contribution in [0.1, 0.15) is 33.6 Å². The molecule has 0 aromatic heterocycles. The highest BCUT2D eigenvalue weighted by Crippen LogP contribution is 2.38. The Morgan fingerprint density at radius 3 is 2.18 bits per heavy atom. The Balaban J connectivity index is 2.40. The fourth-order valence-corrected chi connectivity index (χ4v) is 3.41. The van der Waals surface area contributed by atoms with E-state index in [2.05, 4.69) is 38.8 Å². The lowest BCUT2D eigenvalue weighted by Crippen LogP contribution is -2.47. The van der Waals surface area contributed by atoms with Gasteiger partial charge in [-0.25, -0.2) is 0 Å². The average Bonchev–Trinajstić information content (AvgIpc) is 2.19. The first-order valence-corrected chi connectivity index (χ1v) is 9.68. The molecular formula is C13H29NO2Si. The van der Waals surface area contributed by atoms with Gasteiger partial charge in [-0.3, -0.25) is 0 Å². The number of hydrogen-bond donors (Lipinski definition) is 1. The third kappa shape index (κ3) is 4.36. The zero-order valence-corrected chi connectivity index (χ0v) is 13.1. The highest BCUT2D eigenvalue weighted by Gasteiger charge is 2.39. The molecule has 0 unspecified atom stereocenters. The Labute approximate surface area is 107 Å². The second kappa shape index (κ2) is 5.82. The summed E-state index contributed by atoms with van der Waals surface area (Å²) in [5.41, 5.74) is 0. The molecule has 4 heteroatoms. The Bertz CT molecular complexity index is 230. The predicted molar refractivity (Wildman–Crippen MR) is 74.8 cm³/mol. The van der Waals surface area contributed by atoms with Crippen LogP contribution in [-0.4, -0.2) is 50.7 Å². The lowest BCUT2D eigenvalue weighted by atomic mass is 10.1. The molecule has 17 heavy (non-hydrogen) atoms. The largest absolute Gasteiger partial charge is 0.414 e. The molecule has 0 radical (unpaired) electrons. The van der Waals surface area contributed by atoms with Gasteiger partial charge in [-0.15, -0.1) is 0 Å². The maximum Gasteiger partial charge on any atom is 0.192 e. The van der Waals surface area contributed by atoms with Crippen molar-refractivity contribution in [3.05, 3.63) is 0 Å². The van der Waals surface area contributed by atoms with Crippen molar-refractivity contribution in [2.24, 2.45) is 0 Å². The molecule has 102 valence electrons. The van der Waals surface area contributed by atoms with Crippen molar-refractivity contribution < 1.29 is 9.53 Å². The highest BCUT2D eigenvalue weighted by molar-refractivity contribution is 6.74. The van der Waals surface area contributed by atoms with E-state index in [4.69, 9.17) is 9.53 Å². The Morgan fingerprint density at radius 1 is 1.24 bits per heavy atom. The van der Waals surface area contributed by atoms with Gasteiger partial charge in [0.05, 0.1) is 6.61 Å². The number of aliphatic hydroxyl groups is 1. The van der Waals surface area contributed by atoms with Gasteiger partial charge in [0.25, 0.3) is 0 Å². The number of rotatable bonds is 4. The predicted octanol–water partition coefficient (Wildman–Crippen LogP) is 2.46. The average molecular weight is 259 g/mol. The molecule has 0 bridgehead atoms. The molecule has 1 aliphatic rings. The number of aliphatic hydroxyl groups excluding tert-OH is 1. The summed E-state index contributed by atoms with van der Waals surface area (Å²) in [6, 6.07) is 0. The topological polar surface area (TPSA) is 32.7 Å². The number of likely N-dealkylation sites (tertiary alicyclic amines) is 1. The van der Waals surface area contributed by atoms with E-state index in [0.29, 0.717) is 11.1 Å². The molecule has 1 N–H and O–H groups in total. The number of β-amino-alcohol motifs (C(OH)–C–C–N with tert-alkyl or cyclic N) is 1. The van der Waals surface area contributed by atoms with Gasteiger partial charge in [0.15, 0.2) is 8.32 Å². The monoisotopic (exact) mass is 259 g/mol. The molecule has 0 saturated carbocycles. The van der Waals surface area contributed by atoms with Gasteiger partial charge >= 0.3 is 0 Å². The van der Waals surface area contributed by atoms with Crippen molar-refractivity contribution in [3.8, 4) is 0 Å². The first kappa shape index (κ1) is 15.2. The van der Waals surface area contributed by atoms with E-state index in [9.17, 15) is 0 Å². The third-order valence-electron chi connectivity index (χ3n) is 4.22. The quantitative estimate of drug-likeness (QED) is 0.787. The molecule has 0 amide bonds. The maximum atomic E-state index is 8.91. The van der Waals surface area contributed by atoms with Gasteiger partial charge in [0, 0.05) is 25.7 Å². The van der Waals surface area contributed by atoms with E-state index in [1.54, 1.807) is 0 Å². The minimum absolute atomic E-state index is 0.272. The Morgan fingerprint density at radius 2 is 1.76 bits per heavy atom. The minimum atomic E-state index is -1.60. The lowest BCUT2D eigenvalue weighted by molar-refractivity contribution is 0.0798. The highest BCUT2D eigenvalue weighted by atomic mass is 28.4. The van der Waals surface area contributed by atoms with Crippen LogP contribution in [0, 0.1) is 0 Å². The smallest absolute Gasteiger partial charge is 0.192 e. The van der Waals surface area contributed by atoms with E-state index in [1.165, 1.54) is 0 Å². The molecule has 0 aromatic carbocycles. The molecule has 1 fully saturated rings. The molecule has 1 saturated heterocycles. The fourth-order valence-electron chi connectivity index (χ4n) is 1.99. The summed E-state index contributed by atoms with van der Waals surface area (Å²) in [7, 11) is -1.60. The summed E-state index contributed by atoms with van der Waals surface area (Å²) in [5, 5.41) is 9.21. The van der Waals surface area contributed by atoms with Gasteiger partial charge in [-0.2, -0.15) is 0 Å². The van der Waals surface area contributed by atoms with Crippen molar-refractivity contribution in [1.82, 2.24) is 4.90 Å². The van der Waals surface area contributed by atoms with Gasteiger partial charge in [0.1, 0.15) is 0 Å². The van der Waals surface area contributed by atoms with Crippen LogP contribution in [0.2, 0.25) is 18.1 Å². The van der Waals surface area contributed by atoms with Crippen LogP contribution in [0.15, 0.2) is 0 Å². The lowest BCUT2D eigenvalue weighted by Gasteiger charge is -2.41. The minimum Gasteiger partial charge on any atom is -0.414 e. The molecule has 0 spiro atoms. The van der Waals surface area contributed by atoms with E-state index in [0.717, 1.165) is 32.5 Å². The number of piperidine rings is 1. The Kier molecular flexibility index (Phi) is 5.19. The van der Waals surface area contributed by atoms with Gasteiger partial charge in [-0.05, 0) is 31.0 Å².